The molecule has 120 valence electrons. The number of hydrogen-bond acceptors (Lipinski definition) is 4. The van der Waals surface area contributed by atoms with E-state index in [1.165, 1.54) is 6.07 Å². The van der Waals surface area contributed by atoms with E-state index >= 15 is 0 Å². The predicted octanol–water partition coefficient (Wildman–Crippen LogP) is 1.65. The fourth-order valence-electron chi connectivity index (χ4n) is 3.25. The van der Waals surface area contributed by atoms with Crippen molar-refractivity contribution >= 4 is 6.09 Å². The minimum atomic E-state index is -0.256. The number of carbonyl (C=O) groups excluding carboxylic acids is 1. The molecule has 3 heterocycles. The lowest BCUT2D eigenvalue weighted by molar-refractivity contribution is 0.115. The topological polar surface area (TPSA) is 50.6 Å². The van der Waals surface area contributed by atoms with Crippen LogP contribution in [0.4, 0.5) is 9.18 Å². The molecule has 0 bridgehead atoms. The molecule has 2 saturated heterocycles. The molecule has 1 aromatic carbocycles. The second-order valence-corrected chi connectivity index (χ2v) is 5.88. The van der Waals surface area contributed by atoms with Crippen molar-refractivity contribution in [2.45, 2.75) is 12.6 Å². The van der Waals surface area contributed by atoms with Crippen LogP contribution in [0.5, 0.6) is 0 Å². The molecule has 0 N–H and O–H groups in total. The molecule has 1 amide bonds. The van der Waals surface area contributed by atoms with Crippen molar-refractivity contribution in [2.75, 3.05) is 26.2 Å². The lowest BCUT2D eigenvalue weighted by Crippen LogP contribution is -2.51. The second kappa shape index (κ2) is 5.66. The average Bonchev–Trinajstić information content (AvgIpc) is 3.18. The Bertz CT molecular complexity index is 719. The van der Waals surface area contributed by atoms with Crippen LogP contribution in [-0.4, -0.2) is 58.0 Å². The van der Waals surface area contributed by atoms with E-state index in [0.717, 1.165) is 24.3 Å². The monoisotopic (exact) mass is 316 g/mol. The Morgan fingerprint density at radius 1 is 1.35 bits per heavy atom. The van der Waals surface area contributed by atoms with Gasteiger partial charge in [-0.1, -0.05) is 0 Å². The van der Waals surface area contributed by atoms with Gasteiger partial charge in [-0.2, -0.15) is 5.10 Å². The molecule has 1 aromatic heterocycles. The van der Waals surface area contributed by atoms with Crippen molar-refractivity contribution in [3.05, 3.63) is 48.0 Å². The first-order chi connectivity index (χ1) is 11.2. The predicted molar refractivity (Wildman–Crippen MR) is 80.6 cm³/mol. The number of fused-ring (bicyclic) bond motifs is 1. The van der Waals surface area contributed by atoms with Crippen LogP contribution in [0.1, 0.15) is 5.56 Å². The maximum absolute atomic E-state index is 13.7. The minimum Gasteiger partial charge on any atom is -0.447 e. The molecule has 2 aliphatic rings. The molecule has 4 rings (SSSR count). The Morgan fingerprint density at radius 2 is 2.26 bits per heavy atom. The second-order valence-electron chi connectivity index (χ2n) is 5.88. The van der Waals surface area contributed by atoms with Crippen LogP contribution < -0.4 is 0 Å². The van der Waals surface area contributed by atoms with Gasteiger partial charge >= 0.3 is 6.09 Å². The number of aromatic nitrogens is 2. The van der Waals surface area contributed by atoms with Crippen LogP contribution in [0.3, 0.4) is 0 Å². The summed E-state index contributed by atoms with van der Waals surface area (Å²) >= 11 is 0. The van der Waals surface area contributed by atoms with Crippen LogP contribution in [0.2, 0.25) is 0 Å². The highest BCUT2D eigenvalue weighted by Crippen LogP contribution is 2.22. The summed E-state index contributed by atoms with van der Waals surface area (Å²) in [5, 5.41) is 4.24. The zero-order valence-electron chi connectivity index (χ0n) is 12.6. The Labute approximate surface area is 133 Å². The number of piperazine rings is 1. The van der Waals surface area contributed by atoms with Gasteiger partial charge in [0.05, 0.1) is 11.7 Å². The number of halogens is 1. The number of carbonyl (C=O) groups is 1. The Kier molecular flexibility index (Phi) is 3.49. The van der Waals surface area contributed by atoms with Crippen LogP contribution in [0.25, 0.3) is 5.69 Å². The van der Waals surface area contributed by atoms with Crippen LogP contribution in [0.15, 0.2) is 36.7 Å². The maximum atomic E-state index is 13.7. The summed E-state index contributed by atoms with van der Waals surface area (Å²) in [5.41, 5.74) is 1.75. The molecule has 0 radical (unpaired) electrons. The Morgan fingerprint density at radius 3 is 3.09 bits per heavy atom. The molecule has 2 aliphatic heterocycles. The molecule has 0 saturated carbocycles. The van der Waals surface area contributed by atoms with Crippen molar-refractivity contribution in [2.24, 2.45) is 0 Å². The third-order valence-corrected chi connectivity index (χ3v) is 4.39. The number of hydrogen-bond donors (Lipinski definition) is 0. The Balaban J connectivity index is 1.55. The number of nitrogens with zero attached hydrogens (tertiary/aromatic N) is 4. The lowest BCUT2D eigenvalue weighted by atomic mass is 10.1. The van der Waals surface area contributed by atoms with Gasteiger partial charge in [0, 0.05) is 38.6 Å². The first-order valence-electron chi connectivity index (χ1n) is 7.65. The summed E-state index contributed by atoms with van der Waals surface area (Å²) < 4.78 is 20.5. The van der Waals surface area contributed by atoms with E-state index in [-0.39, 0.29) is 18.0 Å². The summed E-state index contributed by atoms with van der Waals surface area (Å²) in [6.45, 7) is 3.19. The standard InChI is InChI=1S/C16H17FN4O2/c17-13-2-3-15(21-5-1-4-18-21)12(8-13)9-19-6-7-20-14(10-19)11-23-16(20)22/h1-5,8,14H,6-7,9-11H2/t14-/m1/s1. The van der Waals surface area contributed by atoms with Gasteiger partial charge in [-0.15, -0.1) is 0 Å². The van der Waals surface area contributed by atoms with Crippen LogP contribution in [0, 0.1) is 5.82 Å². The SMILES string of the molecule is O=C1OC[C@H]2CN(Cc3cc(F)ccc3-n3cccn3)CCN12. The van der Waals surface area contributed by atoms with E-state index in [4.69, 9.17) is 4.74 Å². The van der Waals surface area contributed by atoms with Gasteiger partial charge in [0.15, 0.2) is 0 Å². The molecule has 1 atom stereocenters. The van der Waals surface area contributed by atoms with Gasteiger partial charge in [-0.3, -0.25) is 9.80 Å². The van der Waals surface area contributed by atoms with Gasteiger partial charge in [-0.05, 0) is 29.8 Å². The Hall–Kier alpha value is -2.41. The van der Waals surface area contributed by atoms with Crippen molar-refractivity contribution in [3.63, 3.8) is 0 Å². The molecule has 6 nitrogen and oxygen atoms in total. The van der Waals surface area contributed by atoms with Crippen LogP contribution in [-0.2, 0) is 11.3 Å². The zero-order valence-corrected chi connectivity index (χ0v) is 12.6. The molecule has 2 fully saturated rings. The molecule has 0 spiro atoms. The number of cyclic esters (lactones) is 1. The van der Waals surface area contributed by atoms with E-state index in [9.17, 15) is 9.18 Å². The third kappa shape index (κ3) is 2.68. The van der Waals surface area contributed by atoms with Crippen molar-refractivity contribution in [3.8, 4) is 5.69 Å². The largest absolute Gasteiger partial charge is 0.447 e. The average molecular weight is 316 g/mol. The van der Waals surface area contributed by atoms with Crippen molar-refractivity contribution in [1.29, 1.82) is 0 Å². The van der Waals surface area contributed by atoms with Gasteiger partial charge in [0.25, 0.3) is 0 Å². The number of ether oxygens (including phenoxy) is 1. The van der Waals surface area contributed by atoms with Gasteiger partial charge in [0.1, 0.15) is 12.4 Å². The molecular weight excluding hydrogens is 299 g/mol. The number of benzene rings is 1. The first-order valence-corrected chi connectivity index (χ1v) is 7.65. The molecule has 2 aromatic rings. The van der Waals surface area contributed by atoms with E-state index < -0.39 is 0 Å². The summed E-state index contributed by atoms with van der Waals surface area (Å²) in [7, 11) is 0. The summed E-state index contributed by atoms with van der Waals surface area (Å²) in [6.07, 6.45) is 3.32. The van der Waals surface area contributed by atoms with Crippen molar-refractivity contribution in [1.82, 2.24) is 19.6 Å². The van der Waals surface area contributed by atoms with Crippen molar-refractivity contribution < 1.29 is 13.9 Å². The van der Waals surface area contributed by atoms with E-state index in [2.05, 4.69) is 10.00 Å². The lowest BCUT2D eigenvalue weighted by Gasteiger charge is -2.35. The fourth-order valence-corrected chi connectivity index (χ4v) is 3.25. The molecular formula is C16H17FN4O2. The third-order valence-electron chi connectivity index (χ3n) is 4.39. The smallest absolute Gasteiger partial charge is 0.410 e. The van der Waals surface area contributed by atoms with Gasteiger partial charge in [0.2, 0.25) is 0 Å². The highest BCUT2D eigenvalue weighted by Gasteiger charge is 2.37. The van der Waals surface area contributed by atoms with Crippen LogP contribution >= 0.6 is 0 Å². The molecule has 0 unspecified atom stereocenters. The summed E-state index contributed by atoms with van der Waals surface area (Å²) in [6, 6.07) is 6.68. The molecule has 23 heavy (non-hydrogen) atoms. The number of rotatable bonds is 3. The van der Waals surface area contributed by atoms with E-state index in [1.54, 1.807) is 27.9 Å². The number of amides is 1. The normalized spacial score (nSPS) is 21.3. The zero-order chi connectivity index (χ0) is 15.8. The highest BCUT2D eigenvalue weighted by atomic mass is 19.1. The first kappa shape index (κ1) is 14.2. The molecule has 7 heteroatoms. The summed E-state index contributed by atoms with van der Waals surface area (Å²) in [4.78, 5) is 15.6. The fraction of sp³-hybridized carbons (Fsp3) is 0.375. The van der Waals surface area contributed by atoms with E-state index in [0.29, 0.717) is 19.7 Å². The van der Waals surface area contributed by atoms with E-state index in [1.807, 2.05) is 12.3 Å². The van der Waals surface area contributed by atoms with Gasteiger partial charge < -0.3 is 4.74 Å². The summed E-state index contributed by atoms with van der Waals surface area (Å²) in [5.74, 6) is -0.256. The minimum absolute atomic E-state index is 0.0953. The van der Waals surface area contributed by atoms with Gasteiger partial charge in [-0.25, -0.2) is 13.9 Å². The molecule has 0 aliphatic carbocycles. The maximum Gasteiger partial charge on any atom is 0.410 e. The quantitative estimate of drug-likeness (QED) is 0.864. The highest BCUT2D eigenvalue weighted by molar-refractivity contribution is 5.70.